The van der Waals surface area contributed by atoms with Crippen LogP contribution in [0.4, 0.5) is 0 Å². The molecule has 0 saturated heterocycles. The number of nitrogens with zero attached hydrogens (tertiary/aromatic N) is 3. The maximum absolute atomic E-state index is 8.76. The monoisotopic (exact) mass is 267 g/mol. The van der Waals surface area contributed by atoms with Crippen molar-refractivity contribution < 1.29 is 4.79 Å². The van der Waals surface area contributed by atoms with Crippen LogP contribution >= 0.6 is 11.6 Å². The van der Waals surface area contributed by atoms with Crippen molar-refractivity contribution in [3.8, 4) is 0 Å². The van der Waals surface area contributed by atoms with E-state index in [9.17, 15) is 0 Å². The summed E-state index contributed by atoms with van der Waals surface area (Å²) in [7, 11) is 0. The number of hydrogen-bond donors (Lipinski definition) is 0. The molecule has 18 heavy (non-hydrogen) atoms. The van der Waals surface area contributed by atoms with E-state index in [2.05, 4.69) is 23.5 Å². The molecule has 0 atom stereocenters. The molecule has 0 heterocycles. The number of rotatable bonds is 7. The SMILES string of the molecule is CCCCN(CCCC)C1=C(Cl)CC(=[N+]=[N-])C=C1. The molecule has 1 aliphatic carbocycles. The minimum Gasteiger partial charge on any atom is -0.371 e. The number of halogens is 1. The molecule has 100 valence electrons. The Balaban J connectivity index is 2.78. The van der Waals surface area contributed by atoms with Crippen LogP contribution in [0.3, 0.4) is 0 Å². The molecular weight excluding hydrogens is 246 g/mol. The second-order valence-corrected chi connectivity index (χ2v) is 5.04. The highest BCUT2D eigenvalue weighted by atomic mass is 35.5. The van der Waals surface area contributed by atoms with Crippen molar-refractivity contribution in [2.24, 2.45) is 0 Å². The van der Waals surface area contributed by atoms with E-state index in [0.717, 1.165) is 23.8 Å². The Kier molecular flexibility index (Phi) is 6.77. The summed E-state index contributed by atoms with van der Waals surface area (Å²) >= 11 is 6.30. The van der Waals surface area contributed by atoms with E-state index in [-0.39, 0.29) is 0 Å². The first-order valence-electron chi connectivity index (χ1n) is 6.75. The third-order valence-corrected chi connectivity index (χ3v) is 3.41. The molecule has 1 aliphatic rings. The van der Waals surface area contributed by atoms with Crippen molar-refractivity contribution in [1.82, 2.24) is 4.90 Å². The molecule has 0 aliphatic heterocycles. The lowest BCUT2D eigenvalue weighted by Gasteiger charge is -2.27. The average molecular weight is 268 g/mol. The van der Waals surface area contributed by atoms with Crippen molar-refractivity contribution in [3.05, 3.63) is 28.4 Å². The van der Waals surface area contributed by atoms with Gasteiger partial charge in [-0.25, -0.2) is 0 Å². The maximum atomic E-state index is 8.76. The molecule has 0 N–H and O–H groups in total. The molecule has 0 saturated carbocycles. The zero-order chi connectivity index (χ0) is 13.4. The molecule has 4 heteroatoms. The van der Waals surface area contributed by atoms with Gasteiger partial charge in [0.15, 0.2) is 0 Å². The van der Waals surface area contributed by atoms with Crippen molar-refractivity contribution in [2.45, 2.75) is 46.0 Å². The van der Waals surface area contributed by atoms with Gasteiger partial charge in [0.1, 0.15) is 0 Å². The summed E-state index contributed by atoms with van der Waals surface area (Å²) in [4.78, 5) is 5.56. The fourth-order valence-electron chi connectivity index (χ4n) is 1.97. The van der Waals surface area contributed by atoms with Crippen LogP contribution in [0.25, 0.3) is 5.53 Å². The van der Waals surface area contributed by atoms with E-state index in [1.807, 2.05) is 12.2 Å². The smallest absolute Gasteiger partial charge is 0.297 e. The Bertz CT molecular complexity index is 371. The summed E-state index contributed by atoms with van der Waals surface area (Å²) in [6.07, 6.45) is 9.04. The first-order chi connectivity index (χ1) is 8.72. The lowest BCUT2D eigenvalue weighted by atomic mass is 10.1. The van der Waals surface area contributed by atoms with Gasteiger partial charge in [0.05, 0.1) is 17.2 Å². The van der Waals surface area contributed by atoms with Crippen LogP contribution in [0.2, 0.25) is 0 Å². The van der Waals surface area contributed by atoms with E-state index < -0.39 is 0 Å². The summed E-state index contributed by atoms with van der Waals surface area (Å²) in [5.41, 5.74) is 10.5. The molecular formula is C14H22ClN3. The minimum atomic E-state index is 0.526. The summed E-state index contributed by atoms with van der Waals surface area (Å²) in [5, 5.41) is 0.775. The van der Waals surface area contributed by atoms with Crippen LogP contribution in [0, 0.1) is 0 Å². The molecule has 0 aromatic heterocycles. The van der Waals surface area contributed by atoms with Gasteiger partial charge in [0, 0.05) is 19.2 Å². The summed E-state index contributed by atoms with van der Waals surface area (Å²) in [5.74, 6) is 0. The number of allylic oxidation sites excluding steroid dienone is 3. The fraction of sp³-hybridized carbons (Fsp3) is 0.643. The van der Waals surface area contributed by atoms with Crippen LogP contribution in [-0.4, -0.2) is 28.5 Å². The van der Waals surface area contributed by atoms with Crippen molar-refractivity contribution >= 4 is 17.3 Å². The molecule has 0 spiro atoms. The summed E-state index contributed by atoms with van der Waals surface area (Å²) in [6, 6.07) is 0. The highest BCUT2D eigenvalue weighted by Crippen LogP contribution is 2.24. The number of unbranched alkanes of at least 4 members (excludes halogenated alkanes) is 2. The third kappa shape index (κ3) is 4.32. The predicted molar refractivity (Wildman–Crippen MR) is 76.7 cm³/mol. The van der Waals surface area contributed by atoms with Crippen LogP contribution in [0.1, 0.15) is 46.0 Å². The Hall–Kier alpha value is -1.05. The largest absolute Gasteiger partial charge is 0.371 e. The van der Waals surface area contributed by atoms with Gasteiger partial charge >= 0.3 is 0 Å². The molecule has 0 amide bonds. The van der Waals surface area contributed by atoms with Crippen molar-refractivity contribution in [2.75, 3.05) is 13.1 Å². The molecule has 1 rings (SSSR count). The standard InChI is InChI=1S/C14H22ClN3/c1-3-5-9-18(10-6-4-2)14-8-7-12(17-16)11-13(14)15/h7-8H,3-6,9-11H2,1-2H3. The van der Waals surface area contributed by atoms with Gasteiger partial charge in [0.25, 0.3) is 5.71 Å². The average Bonchev–Trinajstić information content (AvgIpc) is 2.39. The lowest BCUT2D eigenvalue weighted by Crippen LogP contribution is -2.27. The van der Waals surface area contributed by atoms with Crippen LogP contribution in [0.5, 0.6) is 0 Å². The highest BCUT2D eigenvalue weighted by molar-refractivity contribution is 6.32. The molecule has 0 fully saturated rings. The summed E-state index contributed by atoms with van der Waals surface area (Å²) in [6.45, 7) is 6.47. The molecule has 3 nitrogen and oxygen atoms in total. The summed E-state index contributed by atoms with van der Waals surface area (Å²) < 4.78 is 0. The quantitative estimate of drug-likeness (QED) is 0.508. The zero-order valence-corrected chi connectivity index (χ0v) is 12.1. The van der Waals surface area contributed by atoms with E-state index in [4.69, 9.17) is 17.1 Å². The highest BCUT2D eigenvalue weighted by Gasteiger charge is 2.19. The Morgan fingerprint density at radius 1 is 1.22 bits per heavy atom. The van der Waals surface area contributed by atoms with E-state index in [1.165, 1.54) is 25.7 Å². The maximum Gasteiger partial charge on any atom is 0.297 e. The van der Waals surface area contributed by atoms with Gasteiger partial charge in [-0.15, -0.1) is 0 Å². The van der Waals surface area contributed by atoms with E-state index in [0.29, 0.717) is 12.1 Å². The minimum absolute atomic E-state index is 0.526. The third-order valence-electron chi connectivity index (χ3n) is 3.08. The Morgan fingerprint density at radius 3 is 2.28 bits per heavy atom. The van der Waals surface area contributed by atoms with Gasteiger partial charge in [-0.1, -0.05) is 38.3 Å². The molecule has 0 bridgehead atoms. The van der Waals surface area contributed by atoms with Gasteiger partial charge in [-0.05, 0) is 18.9 Å². The van der Waals surface area contributed by atoms with Crippen LogP contribution in [-0.2, 0) is 0 Å². The Morgan fingerprint density at radius 2 is 1.83 bits per heavy atom. The zero-order valence-electron chi connectivity index (χ0n) is 11.3. The first-order valence-corrected chi connectivity index (χ1v) is 7.13. The second-order valence-electron chi connectivity index (χ2n) is 4.59. The van der Waals surface area contributed by atoms with Crippen molar-refractivity contribution in [1.29, 1.82) is 0 Å². The van der Waals surface area contributed by atoms with Crippen LogP contribution < -0.4 is 0 Å². The fourth-order valence-corrected chi connectivity index (χ4v) is 2.29. The molecule has 0 aromatic carbocycles. The van der Waals surface area contributed by atoms with Crippen molar-refractivity contribution in [3.63, 3.8) is 0 Å². The van der Waals surface area contributed by atoms with Gasteiger partial charge < -0.3 is 10.4 Å². The second kappa shape index (κ2) is 8.12. The van der Waals surface area contributed by atoms with Gasteiger partial charge in [-0.3, -0.25) is 0 Å². The first kappa shape index (κ1) is 15.0. The number of hydrogen-bond acceptors (Lipinski definition) is 1. The Labute approximate surface area is 115 Å². The van der Waals surface area contributed by atoms with Gasteiger partial charge in [-0.2, -0.15) is 4.79 Å². The van der Waals surface area contributed by atoms with Gasteiger partial charge in [0.2, 0.25) is 0 Å². The van der Waals surface area contributed by atoms with E-state index >= 15 is 0 Å². The molecule has 0 unspecified atom stereocenters. The topological polar surface area (TPSA) is 39.6 Å². The predicted octanol–water partition coefficient (Wildman–Crippen LogP) is 3.97. The van der Waals surface area contributed by atoms with E-state index in [1.54, 1.807) is 0 Å². The lowest BCUT2D eigenvalue weighted by molar-refractivity contribution is -0.00556. The molecule has 0 aromatic rings. The normalized spacial score (nSPS) is 14.9. The van der Waals surface area contributed by atoms with Crippen LogP contribution in [0.15, 0.2) is 22.9 Å². The molecule has 0 radical (unpaired) electrons.